The van der Waals surface area contributed by atoms with Crippen LogP contribution < -0.4 is 10.6 Å². The first-order valence-corrected chi connectivity index (χ1v) is 20.0. The Balaban J connectivity index is 1.21. The van der Waals surface area contributed by atoms with Gasteiger partial charge < -0.3 is 10.6 Å². The summed E-state index contributed by atoms with van der Waals surface area (Å²) >= 11 is 1.88. The minimum Gasteiger partial charge on any atom is -0.398 e. The van der Waals surface area contributed by atoms with Crippen LogP contribution in [0.25, 0.3) is 44.2 Å². The fraction of sp³-hybridized carbons (Fsp3) is 0.0189. The van der Waals surface area contributed by atoms with E-state index in [1.165, 1.54) is 65.1 Å². The minimum absolute atomic E-state index is 0.518. The highest BCUT2D eigenvalue weighted by Crippen LogP contribution is 2.64. The summed E-state index contributed by atoms with van der Waals surface area (Å²) in [6, 6.07) is 75.2. The van der Waals surface area contributed by atoms with Gasteiger partial charge in [0.25, 0.3) is 0 Å². The Bertz CT molecular complexity index is 2920. The highest BCUT2D eigenvalue weighted by atomic mass is 32.2. The van der Waals surface area contributed by atoms with Gasteiger partial charge in [-0.1, -0.05) is 169 Å². The molecule has 0 fully saturated rings. The Morgan fingerprint density at radius 2 is 1.02 bits per heavy atom. The third-order valence-electron chi connectivity index (χ3n) is 11.7. The van der Waals surface area contributed by atoms with E-state index in [1.807, 2.05) is 23.9 Å². The first-order valence-electron chi connectivity index (χ1n) is 19.1. The highest BCUT2D eigenvalue weighted by Gasteiger charge is 2.51. The van der Waals surface area contributed by atoms with Crippen LogP contribution in [0.15, 0.2) is 216 Å². The first-order chi connectivity index (χ1) is 27.7. The Labute approximate surface area is 331 Å². The fourth-order valence-electron chi connectivity index (χ4n) is 9.29. The lowest BCUT2D eigenvalue weighted by Crippen LogP contribution is -2.32. The Kier molecular flexibility index (Phi) is 7.51. The molecule has 0 bridgehead atoms. The molecule has 1 aliphatic heterocycles. The number of nitrogens with zero attached hydrogens (tertiary/aromatic N) is 1. The predicted molar refractivity (Wildman–Crippen MR) is 235 cm³/mol. The zero-order valence-corrected chi connectivity index (χ0v) is 31.4. The van der Waals surface area contributed by atoms with Gasteiger partial charge in [0.2, 0.25) is 0 Å². The second-order valence-corrected chi connectivity index (χ2v) is 15.7. The SMILES string of the molecule is Nc1ccccc1-c1ccccc1N(c1ccc(-c2ccccc2)cc1)c1ccc2c(c1)C1(c3ccccc3Sc3ccccc31)c1ccc3ccccc3c1-2. The van der Waals surface area contributed by atoms with Gasteiger partial charge in [0.1, 0.15) is 0 Å². The van der Waals surface area contributed by atoms with E-state index in [4.69, 9.17) is 5.73 Å². The number of hydrogen-bond acceptors (Lipinski definition) is 3. The lowest BCUT2D eigenvalue weighted by atomic mass is 9.67. The lowest BCUT2D eigenvalue weighted by Gasteiger charge is -2.40. The molecule has 11 rings (SSSR count). The molecule has 9 aromatic carbocycles. The molecule has 0 saturated carbocycles. The molecule has 2 nitrogen and oxygen atoms in total. The number of anilines is 4. The second kappa shape index (κ2) is 12.9. The van der Waals surface area contributed by atoms with Gasteiger partial charge in [-0.2, -0.15) is 0 Å². The van der Waals surface area contributed by atoms with E-state index in [2.05, 4.69) is 199 Å². The highest BCUT2D eigenvalue weighted by molar-refractivity contribution is 7.99. The number of nitrogens with two attached hydrogens (primary N) is 1. The van der Waals surface area contributed by atoms with Crippen molar-refractivity contribution >= 4 is 45.3 Å². The number of nitrogen functional groups attached to an aromatic ring is 1. The van der Waals surface area contributed by atoms with Crippen molar-refractivity contribution in [1.82, 2.24) is 0 Å². The molecule has 1 spiro atoms. The van der Waals surface area contributed by atoms with Crippen molar-refractivity contribution in [3.63, 3.8) is 0 Å². The molecule has 9 aromatic rings. The summed E-state index contributed by atoms with van der Waals surface area (Å²) in [5, 5.41) is 2.53. The predicted octanol–water partition coefficient (Wildman–Crippen LogP) is 14.1. The van der Waals surface area contributed by atoms with Gasteiger partial charge >= 0.3 is 0 Å². The van der Waals surface area contributed by atoms with Gasteiger partial charge in [0.05, 0.1) is 11.1 Å². The van der Waals surface area contributed by atoms with Crippen LogP contribution >= 0.6 is 11.8 Å². The van der Waals surface area contributed by atoms with Crippen molar-refractivity contribution in [2.75, 3.05) is 10.6 Å². The van der Waals surface area contributed by atoms with E-state index in [1.54, 1.807) is 0 Å². The molecule has 0 aromatic heterocycles. The summed E-state index contributed by atoms with van der Waals surface area (Å²) in [5.41, 5.74) is 22.5. The van der Waals surface area contributed by atoms with Crippen LogP contribution in [0.3, 0.4) is 0 Å². The van der Waals surface area contributed by atoms with Crippen molar-refractivity contribution in [3.05, 3.63) is 229 Å². The van der Waals surface area contributed by atoms with E-state index in [0.717, 1.165) is 33.9 Å². The molecular formula is C53H36N2S. The van der Waals surface area contributed by atoms with Crippen molar-refractivity contribution < 1.29 is 0 Å². The van der Waals surface area contributed by atoms with Crippen LogP contribution in [0, 0.1) is 0 Å². The van der Waals surface area contributed by atoms with Crippen molar-refractivity contribution in [2.45, 2.75) is 15.2 Å². The van der Waals surface area contributed by atoms with Crippen LogP contribution in [-0.4, -0.2) is 0 Å². The van der Waals surface area contributed by atoms with E-state index in [-0.39, 0.29) is 0 Å². The van der Waals surface area contributed by atoms with Crippen LogP contribution in [0.1, 0.15) is 22.3 Å². The third kappa shape index (κ3) is 4.84. The minimum atomic E-state index is -0.518. The number of benzene rings is 9. The maximum Gasteiger partial charge on any atom is 0.0736 e. The van der Waals surface area contributed by atoms with Crippen LogP contribution in [0.5, 0.6) is 0 Å². The van der Waals surface area contributed by atoms with Crippen molar-refractivity contribution in [2.24, 2.45) is 0 Å². The summed E-state index contributed by atoms with van der Waals surface area (Å²) in [4.78, 5) is 5.00. The Hall–Kier alpha value is -6.81. The number of fused-ring (bicyclic) bond motifs is 11. The molecule has 0 amide bonds. The van der Waals surface area contributed by atoms with Crippen molar-refractivity contribution in [1.29, 1.82) is 0 Å². The zero-order chi connectivity index (χ0) is 37.2. The number of para-hydroxylation sites is 2. The Morgan fingerprint density at radius 1 is 0.411 bits per heavy atom. The van der Waals surface area contributed by atoms with E-state index in [9.17, 15) is 0 Å². The van der Waals surface area contributed by atoms with Crippen LogP contribution in [0.2, 0.25) is 0 Å². The molecular weight excluding hydrogens is 697 g/mol. The lowest BCUT2D eigenvalue weighted by molar-refractivity contribution is 0.723. The quantitative estimate of drug-likeness (QED) is 0.179. The van der Waals surface area contributed by atoms with Gasteiger partial charge in [-0.15, -0.1) is 0 Å². The van der Waals surface area contributed by atoms with Crippen LogP contribution in [-0.2, 0) is 5.41 Å². The zero-order valence-electron chi connectivity index (χ0n) is 30.6. The monoisotopic (exact) mass is 732 g/mol. The molecule has 2 N–H and O–H groups in total. The number of hydrogen-bond donors (Lipinski definition) is 1. The first kappa shape index (κ1) is 32.6. The molecule has 0 radical (unpaired) electrons. The normalized spacial score (nSPS) is 13.1. The van der Waals surface area contributed by atoms with Gasteiger partial charge in [0, 0.05) is 38.0 Å². The van der Waals surface area contributed by atoms with E-state index in [0.29, 0.717) is 0 Å². The topological polar surface area (TPSA) is 29.3 Å². The molecule has 264 valence electrons. The summed E-state index contributed by atoms with van der Waals surface area (Å²) in [6.45, 7) is 0. The molecule has 1 aliphatic carbocycles. The molecule has 0 saturated heterocycles. The summed E-state index contributed by atoms with van der Waals surface area (Å²) < 4.78 is 0. The Morgan fingerprint density at radius 3 is 1.79 bits per heavy atom. The maximum absolute atomic E-state index is 6.71. The number of rotatable bonds is 5. The standard InChI is InChI=1S/C53H36N2S/c54-48-22-10-6-18-41(48)42-19-7-11-23-49(42)55(38-29-26-36(27-30-38)35-14-2-1-3-15-35)39-31-32-43-47(34-39)53(46-33-28-37-16-4-5-17-40(37)52(43)46)44-20-8-12-24-50(44)56-51-25-13-9-21-45(51)53/h1-34H,54H2. The summed E-state index contributed by atoms with van der Waals surface area (Å²) in [5.74, 6) is 0. The molecule has 2 aliphatic rings. The van der Waals surface area contributed by atoms with Gasteiger partial charge in [-0.05, 0) is 104 Å². The smallest absolute Gasteiger partial charge is 0.0736 e. The molecule has 0 unspecified atom stereocenters. The third-order valence-corrected chi connectivity index (χ3v) is 12.9. The van der Waals surface area contributed by atoms with E-state index >= 15 is 0 Å². The van der Waals surface area contributed by atoms with Gasteiger partial charge in [0.15, 0.2) is 0 Å². The van der Waals surface area contributed by atoms with Gasteiger partial charge in [-0.3, -0.25) is 0 Å². The average molecular weight is 733 g/mol. The molecule has 1 heterocycles. The fourth-order valence-corrected chi connectivity index (χ4v) is 10.5. The van der Waals surface area contributed by atoms with Crippen LogP contribution in [0.4, 0.5) is 22.7 Å². The van der Waals surface area contributed by atoms with Crippen molar-refractivity contribution in [3.8, 4) is 33.4 Å². The van der Waals surface area contributed by atoms with E-state index < -0.39 is 5.41 Å². The largest absolute Gasteiger partial charge is 0.398 e. The summed E-state index contributed by atoms with van der Waals surface area (Å²) in [6.07, 6.45) is 0. The van der Waals surface area contributed by atoms with Gasteiger partial charge in [-0.25, -0.2) is 0 Å². The average Bonchev–Trinajstić information content (AvgIpc) is 3.55. The molecule has 3 heteroatoms. The molecule has 56 heavy (non-hydrogen) atoms. The maximum atomic E-state index is 6.71. The second-order valence-electron chi connectivity index (χ2n) is 14.6. The molecule has 0 atom stereocenters. The summed E-state index contributed by atoms with van der Waals surface area (Å²) in [7, 11) is 0.